The van der Waals surface area contributed by atoms with Crippen molar-refractivity contribution in [1.29, 1.82) is 0 Å². The number of nitrogens with one attached hydrogen (secondary N) is 1. The maximum Gasteiger partial charge on any atom is 0.217 e. The van der Waals surface area contributed by atoms with E-state index in [2.05, 4.69) is 3.53 Å². The monoisotopic (exact) mass is 322 g/mol. The minimum Gasteiger partial charge on any atom is -0.504 e. The molecule has 0 aliphatic heterocycles. The van der Waals surface area contributed by atoms with Gasteiger partial charge in [-0.15, -0.1) is 0 Å². The molecule has 0 aromatic heterocycles. The zero-order valence-electron chi connectivity index (χ0n) is 7.83. The van der Waals surface area contributed by atoms with Gasteiger partial charge in [0.05, 0.1) is 28.6 Å². The van der Waals surface area contributed by atoms with Crippen LogP contribution in [0.4, 0.5) is 5.69 Å². The molecule has 0 fully saturated rings. The molecule has 0 saturated heterocycles. The predicted octanol–water partition coefficient (Wildman–Crippen LogP) is 1.28. The second-order valence-corrected chi connectivity index (χ2v) is 3.57. The molecular weight excluding hydrogens is 311 g/mol. The largest absolute Gasteiger partial charge is 0.504 e. The quantitative estimate of drug-likeness (QED) is 0.381. The highest BCUT2D eigenvalue weighted by atomic mass is 127. The Morgan fingerprint density at radius 2 is 2.13 bits per heavy atom. The summed E-state index contributed by atoms with van der Waals surface area (Å²) in [4.78, 5) is 10.6. The minimum atomic E-state index is -0.401. The highest BCUT2D eigenvalue weighted by Crippen LogP contribution is 2.37. The molecule has 82 valence electrons. The van der Waals surface area contributed by atoms with Gasteiger partial charge < -0.3 is 19.5 Å². The van der Waals surface area contributed by atoms with Gasteiger partial charge in [-0.3, -0.25) is 4.79 Å². The maximum absolute atomic E-state index is 10.6. The smallest absolute Gasteiger partial charge is 0.217 e. The highest BCUT2D eigenvalue weighted by Gasteiger charge is 2.11. The average molecular weight is 322 g/mol. The summed E-state index contributed by atoms with van der Waals surface area (Å²) in [5.74, 6) is -0.815. The average Bonchev–Trinajstić information content (AvgIpc) is 2.19. The lowest BCUT2D eigenvalue weighted by Gasteiger charge is -2.10. The number of anilines is 1. The minimum absolute atomic E-state index is 0.197. The van der Waals surface area contributed by atoms with E-state index in [0.717, 1.165) is 5.56 Å². The Balaban J connectivity index is 2.97. The molecule has 0 aliphatic carbocycles. The summed E-state index contributed by atoms with van der Waals surface area (Å²) in [6, 6.07) is 3.02. The molecule has 15 heavy (non-hydrogen) atoms. The fourth-order valence-corrected chi connectivity index (χ4v) is 1.80. The van der Waals surface area contributed by atoms with Gasteiger partial charge in [-0.05, 0) is 18.1 Å². The molecule has 5 nitrogen and oxygen atoms in total. The molecule has 0 saturated carbocycles. The van der Waals surface area contributed by atoms with Gasteiger partial charge in [-0.2, -0.15) is 0 Å². The molecule has 0 bridgehead atoms. The number of halogens is 1. The Morgan fingerprint density at radius 1 is 1.47 bits per heavy atom. The number of hydrogen-bond donors (Lipinski definition) is 4. The SMILES string of the molecule is NC(=O)CCc1ccc(O)c(O)c1NI. The first-order valence-corrected chi connectivity index (χ1v) is 5.33. The molecule has 5 N–H and O–H groups in total. The zero-order valence-corrected chi connectivity index (χ0v) is 9.98. The van der Waals surface area contributed by atoms with Crippen molar-refractivity contribution < 1.29 is 15.0 Å². The first-order chi connectivity index (χ1) is 7.06. The standard InChI is InChI=1S/C9H11IN2O3/c10-12-8-5(2-4-7(11)14)1-3-6(13)9(8)15/h1,3,12-13,15H,2,4H2,(H2,11,14). The van der Waals surface area contributed by atoms with Gasteiger partial charge in [0.1, 0.15) is 0 Å². The van der Waals surface area contributed by atoms with E-state index in [1.807, 2.05) is 22.9 Å². The normalized spacial score (nSPS) is 9.93. The molecule has 1 amide bonds. The van der Waals surface area contributed by atoms with Crippen LogP contribution in [0, 0.1) is 0 Å². The predicted molar refractivity (Wildman–Crippen MR) is 64.9 cm³/mol. The molecule has 6 heteroatoms. The summed E-state index contributed by atoms with van der Waals surface area (Å²) in [5.41, 5.74) is 6.18. The lowest BCUT2D eigenvalue weighted by Crippen LogP contribution is -2.11. The van der Waals surface area contributed by atoms with E-state index in [4.69, 9.17) is 5.73 Å². The van der Waals surface area contributed by atoms with Crippen LogP contribution in [0.25, 0.3) is 0 Å². The number of primary amides is 1. The van der Waals surface area contributed by atoms with Crippen molar-refractivity contribution in [2.45, 2.75) is 12.8 Å². The number of rotatable bonds is 4. The van der Waals surface area contributed by atoms with E-state index in [9.17, 15) is 15.0 Å². The summed E-state index contributed by atoms with van der Waals surface area (Å²) < 4.78 is 2.74. The van der Waals surface area contributed by atoms with Crippen molar-refractivity contribution in [3.8, 4) is 11.5 Å². The highest BCUT2D eigenvalue weighted by molar-refractivity contribution is 14.1. The van der Waals surface area contributed by atoms with Crippen LogP contribution < -0.4 is 9.26 Å². The third-order valence-corrected chi connectivity index (χ3v) is 2.52. The van der Waals surface area contributed by atoms with Crippen LogP contribution in [-0.2, 0) is 11.2 Å². The van der Waals surface area contributed by atoms with Gasteiger partial charge in [0.2, 0.25) is 5.91 Å². The number of phenolic OH excluding ortho intramolecular Hbond substituents is 2. The van der Waals surface area contributed by atoms with Crippen molar-refractivity contribution >= 4 is 34.5 Å². The van der Waals surface area contributed by atoms with E-state index >= 15 is 0 Å². The summed E-state index contributed by atoms with van der Waals surface area (Å²) in [7, 11) is 0. The second-order valence-electron chi connectivity index (χ2n) is 3.03. The third kappa shape index (κ3) is 2.88. The molecular formula is C9H11IN2O3. The molecule has 0 radical (unpaired) electrons. The molecule has 0 atom stereocenters. The number of aryl methyl sites for hydroxylation is 1. The summed E-state index contributed by atoms with van der Waals surface area (Å²) >= 11 is 1.84. The number of amides is 1. The molecule has 0 heterocycles. The lowest BCUT2D eigenvalue weighted by atomic mass is 10.1. The maximum atomic E-state index is 10.6. The fourth-order valence-electron chi connectivity index (χ4n) is 1.19. The van der Waals surface area contributed by atoms with Crippen LogP contribution in [0.1, 0.15) is 12.0 Å². The molecule has 1 aromatic rings. The van der Waals surface area contributed by atoms with Crippen LogP contribution in [0.3, 0.4) is 0 Å². The van der Waals surface area contributed by atoms with E-state index in [1.54, 1.807) is 6.07 Å². The Labute approximate surface area is 101 Å². The third-order valence-electron chi connectivity index (χ3n) is 1.98. The first kappa shape index (κ1) is 11.9. The fraction of sp³-hybridized carbons (Fsp3) is 0.222. The van der Waals surface area contributed by atoms with Crippen molar-refractivity contribution in [3.63, 3.8) is 0 Å². The van der Waals surface area contributed by atoms with Crippen molar-refractivity contribution in [2.24, 2.45) is 5.73 Å². The van der Waals surface area contributed by atoms with Gasteiger partial charge in [0.15, 0.2) is 11.5 Å². The van der Waals surface area contributed by atoms with Gasteiger partial charge in [-0.25, -0.2) is 0 Å². The molecule has 0 unspecified atom stereocenters. The zero-order chi connectivity index (χ0) is 11.4. The Kier molecular flexibility index (Phi) is 4.01. The Bertz CT molecular complexity index is 382. The van der Waals surface area contributed by atoms with Crippen molar-refractivity contribution in [3.05, 3.63) is 17.7 Å². The Morgan fingerprint density at radius 3 is 2.67 bits per heavy atom. The van der Waals surface area contributed by atoms with E-state index < -0.39 is 5.91 Å². The number of carbonyl (C=O) groups is 1. The van der Waals surface area contributed by atoms with Crippen LogP contribution in [0.5, 0.6) is 11.5 Å². The number of nitrogens with two attached hydrogens (primary N) is 1. The van der Waals surface area contributed by atoms with Gasteiger partial charge in [-0.1, -0.05) is 6.07 Å². The van der Waals surface area contributed by atoms with E-state index in [-0.39, 0.29) is 17.9 Å². The van der Waals surface area contributed by atoms with Gasteiger partial charge >= 0.3 is 0 Å². The first-order valence-electron chi connectivity index (χ1n) is 4.25. The van der Waals surface area contributed by atoms with Gasteiger partial charge in [0, 0.05) is 6.42 Å². The molecule has 0 spiro atoms. The van der Waals surface area contributed by atoms with Crippen LogP contribution in [-0.4, -0.2) is 16.1 Å². The number of hydrogen-bond acceptors (Lipinski definition) is 4. The van der Waals surface area contributed by atoms with Crippen LogP contribution in [0.15, 0.2) is 12.1 Å². The van der Waals surface area contributed by atoms with Crippen molar-refractivity contribution in [1.82, 2.24) is 0 Å². The van der Waals surface area contributed by atoms with E-state index in [1.165, 1.54) is 6.07 Å². The summed E-state index contributed by atoms with van der Waals surface area (Å²) in [5, 5.41) is 18.8. The summed E-state index contributed by atoms with van der Waals surface area (Å²) in [6.45, 7) is 0. The number of aromatic hydroxyl groups is 2. The second kappa shape index (κ2) is 5.06. The van der Waals surface area contributed by atoms with Crippen LogP contribution in [0.2, 0.25) is 0 Å². The van der Waals surface area contributed by atoms with Crippen molar-refractivity contribution in [2.75, 3.05) is 3.53 Å². The van der Waals surface area contributed by atoms with Gasteiger partial charge in [0.25, 0.3) is 0 Å². The number of benzene rings is 1. The molecule has 1 rings (SSSR count). The lowest BCUT2D eigenvalue weighted by molar-refractivity contribution is -0.117. The Hall–Kier alpha value is -1.18. The molecule has 1 aromatic carbocycles. The summed E-state index contributed by atoms with van der Waals surface area (Å²) in [6.07, 6.45) is 0.629. The number of carbonyl (C=O) groups excluding carboxylic acids is 1. The van der Waals surface area contributed by atoms with Crippen LogP contribution >= 0.6 is 22.9 Å². The van der Waals surface area contributed by atoms with E-state index in [0.29, 0.717) is 12.1 Å². The molecule has 0 aliphatic rings. The topological polar surface area (TPSA) is 95.6 Å². The number of phenols is 2.